The number of rotatable bonds is 5. The number of aromatic nitrogens is 1. The molecule has 1 unspecified atom stereocenters. The average Bonchev–Trinajstić information content (AvgIpc) is 3.03. The quantitative estimate of drug-likeness (QED) is 0.700. The predicted octanol–water partition coefficient (Wildman–Crippen LogP) is 4.80. The summed E-state index contributed by atoms with van der Waals surface area (Å²) in [4.78, 5) is 12.9. The number of nitrogens with zero attached hydrogens (tertiary/aromatic N) is 1. The Kier molecular flexibility index (Phi) is 5.28. The third-order valence-corrected chi connectivity index (χ3v) is 4.50. The fraction of sp³-hybridized carbons (Fsp3) is 0.200. The first kappa shape index (κ1) is 18.0. The summed E-state index contributed by atoms with van der Waals surface area (Å²) in [7, 11) is 1.60. The first-order chi connectivity index (χ1) is 12.5. The Morgan fingerprint density at radius 1 is 1.19 bits per heavy atom. The number of para-hydroxylation sites is 1. The van der Waals surface area contributed by atoms with Gasteiger partial charge in [-0.05, 0) is 26.0 Å². The minimum Gasteiger partial charge on any atom is -0.496 e. The van der Waals surface area contributed by atoms with Crippen molar-refractivity contribution < 1.29 is 14.1 Å². The minimum atomic E-state index is -0.280. The third kappa shape index (κ3) is 3.44. The molecule has 0 aliphatic rings. The predicted molar refractivity (Wildman–Crippen MR) is 101 cm³/mol. The maximum absolute atomic E-state index is 12.9. The van der Waals surface area contributed by atoms with Crippen LogP contribution in [0.15, 0.2) is 53.1 Å². The van der Waals surface area contributed by atoms with Gasteiger partial charge in [0.1, 0.15) is 22.8 Å². The van der Waals surface area contributed by atoms with Crippen LogP contribution in [0.2, 0.25) is 5.02 Å². The number of ether oxygens (including phenoxy) is 1. The number of hydrogen-bond acceptors (Lipinski definition) is 4. The summed E-state index contributed by atoms with van der Waals surface area (Å²) in [5, 5.41) is 7.53. The molecular weight excluding hydrogens is 352 g/mol. The highest BCUT2D eigenvalue weighted by Gasteiger charge is 2.24. The highest BCUT2D eigenvalue weighted by Crippen LogP contribution is 2.32. The molecule has 134 valence electrons. The van der Waals surface area contributed by atoms with Crippen LogP contribution in [0, 0.1) is 6.92 Å². The van der Waals surface area contributed by atoms with Gasteiger partial charge in [0.05, 0.1) is 18.2 Å². The van der Waals surface area contributed by atoms with Gasteiger partial charge >= 0.3 is 0 Å². The molecule has 2 aromatic carbocycles. The third-order valence-electron chi connectivity index (χ3n) is 4.17. The molecule has 6 heteroatoms. The molecule has 1 amide bonds. The first-order valence-corrected chi connectivity index (χ1v) is 8.55. The van der Waals surface area contributed by atoms with Crippen LogP contribution in [0.4, 0.5) is 0 Å². The van der Waals surface area contributed by atoms with Crippen LogP contribution in [0.5, 0.6) is 5.75 Å². The van der Waals surface area contributed by atoms with Crippen molar-refractivity contribution in [2.75, 3.05) is 7.11 Å². The van der Waals surface area contributed by atoms with Gasteiger partial charge < -0.3 is 14.6 Å². The summed E-state index contributed by atoms with van der Waals surface area (Å²) in [6.45, 7) is 3.60. The Morgan fingerprint density at radius 2 is 1.88 bits per heavy atom. The molecule has 0 fully saturated rings. The molecule has 0 aliphatic carbocycles. The topological polar surface area (TPSA) is 64.4 Å². The number of carbonyl (C=O) groups is 1. The summed E-state index contributed by atoms with van der Waals surface area (Å²) >= 11 is 6.26. The van der Waals surface area contributed by atoms with Crippen LogP contribution in [-0.4, -0.2) is 18.2 Å². The highest BCUT2D eigenvalue weighted by molar-refractivity contribution is 6.33. The van der Waals surface area contributed by atoms with Crippen molar-refractivity contribution >= 4 is 17.5 Å². The zero-order valence-corrected chi connectivity index (χ0v) is 15.5. The molecular formula is C20H19ClN2O3. The molecule has 0 bridgehead atoms. The normalized spacial score (nSPS) is 11.8. The maximum atomic E-state index is 12.9. The fourth-order valence-electron chi connectivity index (χ4n) is 2.85. The molecule has 1 N–H and O–H groups in total. The number of methoxy groups -OCH3 is 1. The van der Waals surface area contributed by atoms with Crippen molar-refractivity contribution in [2.45, 2.75) is 19.9 Å². The van der Waals surface area contributed by atoms with E-state index in [2.05, 4.69) is 10.5 Å². The zero-order chi connectivity index (χ0) is 18.7. The maximum Gasteiger partial charge on any atom is 0.257 e. The van der Waals surface area contributed by atoms with Crippen molar-refractivity contribution in [3.05, 3.63) is 70.4 Å². The molecule has 3 aromatic rings. The zero-order valence-electron chi connectivity index (χ0n) is 14.7. The summed E-state index contributed by atoms with van der Waals surface area (Å²) in [6.07, 6.45) is 0. The summed E-state index contributed by atoms with van der Waals surface area (Å²) < 4.78 is 10.6. The summed E-state index contributed by atoms with van der Waals surface area (Å²) in [5.74, 6) is 0.871. The number of carbonyl (C=O) groups excluding carboxylic acids is 1. The lowest BCUT2D eigenvalue weighted by Crippen LogP contribution is -2.27. The minimum absolute atomic E-state index is 0.257. The Morgan fingerprint density at radius 3 is 2.62 bits per heavy atom. The van der Waals surface area contributed by atoms with Gasteiger partial charge in [-0.15, -0.1) is 0 Å². The summed E-state index contributed by atoms with van der Waals surface area (Å²) in [6, 6.07) is 14.5. The van der Waals surface area contributed by atoms with Gasteiger partial charge in [-0.2, -0.15) is 0 Å². The van der Waals surface area contributed by atoms with Gasteiger partial charge in [-0.25, -0.2) is 0 Å². The van der Waals surface area contributed by atoms with Crippen molar-refractivity contribution in [1.82, 2.24) is 10.5 Å². The lowest BCUT2D eigenvalue weighted by atomic mass is 10.0. The van der Waals surface area contributed by atoms with Crippen LogP contribution in [0.1, 0.15) is 34.6 Å². The van der Waals surface area contributed by atoms with Crippen LogP contribution in [0.25, 0.3) is 11.3 Å². The van der Waals surface area contributed by atoms with Crippen LogP contribution in [0.3, 0.4) is 0 Å². The van der Waals surface area contributed by atoms with E-state index in [1.807, 2.05) is 43.3 Å². The van der Waals surface area contributed by atoms with Gasteiger partial charge in [-0.3, -0.25) is 4.79 Å². The molecule has 0 aliphatic heterocycles. The Balaban J connectivity index is 1.92. The molecule has 0 spiro atoms. The van der Waals surface area contributed by atoms with Gasteiger partial charge in [0.15, 0.2) is 0 Å². The number of halogens is 1. The second-order valence-electron chi connectivity index (χ2n) is 5.88. The van der Waals surface area contributed by atoms with Crippen LogP contribution in [-0.2, 0) is 0 Å². The first-order valence-electron chi connectivity index (χ1n) is 8.18. The second kappa shape index (κ2) is 7.62. The number of aryl methyl sites for hydroxylation is 1. The van der Waals surface area contributed by atoms with Crippen LogP contribution < -0.4 is 10.1 Å². The molecule has 1 atom stereocenters. The molecule has 0 saturated heterocycles. The molecule has 5 nitrogen and oxygen atoms in total. The number of hydrogen-bond donors (Lipinski definition) is 1. The van der Waals surface area contributed by atoms with E-state index in [-0.39, 0.29) is 11.9 Å². The van der Waals surface area contributed by atoms with Gasteiger partial charge in [0.2, 0.25) is 0 Å². The van der Waals surface area contributed by atoms with Crippen molar-refractivity contribution in [2.24, 2.45) is 0 Å². The van der Waals surface area contributed by atoms with E-state index in [4.69, 9.17) is 20.9 Å². The molecule has 3 rings (SSSR count). The summed E-state index contributed by atoms with van der Waals surface area (Å²) in [5.41, 5.74) is 2.34. The van der Waals surface area contributed by atoms with Gasteiger partial charge in [-0.1, -0.05) is 53.2 Å². The Hall–Kier alpha value is -2.79. The number of benzene rings is 2. The largest absolute Gasteiger partial charge is 0.496 e. The van der Waals surface area contributed by atoms with E-state index in [9.17, 15) is 4.79 Å². The van der Waals surface area contributed by atoms with Gasteiger partial charge in [0, 0.05) is 11.1 Å². The fourth-order valence-corrected chi connectivity index (χ4v) is 3.07. The lowest BCUT2D eigenvalue weighted by Gasteiger charge is -2.17. The monoisotopic (exact) mass is 370 g/mol. The number of nitrogens with one attached hydrogen (secondary N) is 1. The molecule has 1 aromatic heterocycles. The van der Waals surface area contributed by atoms with Crippen LogP contribution >= 0.6 is 11.6 Å². The van der Waals surface area contributed by atoms with Crippen molar-refractivity contribution in [1.29, 1.82) is 0 Å². The van der Waals surface area contributed by atoms with E-state index in [1.54, 1.807) is 26.2 Å². The highest BCUT2D eigenvalue weighted by atomic mass is 35.5. The average molecular weight is 371 g/mol. The second-order valence-corrected chi connectivity index (χ2v) is 6.29. The Bertz CT molecular complexity index is 936. The van der Waals surface area contributed by atoms with Crippen molar-refractivity contribution in [3.8, 4) is 17.0 Å². The molecule has 0 radical (unpaired) electrons. The van der Waals surface area contributed by atoms with E-state index in [0.717, 1.165) is 5.56 Å². The van der Waals surface area contributed by atoms with E-state index in [1.165, 1.54) is 0 Å². The lowest BCUT2D eigenvalue weighted by molar-refractivity contribution is 0.0938. The molecule has 26 heavy (non-hydrogen) atoms. The van der Waals surface area contributed by atoms with E-state index >= 15 is 0 Å². The van der Waals surface area contributed by atoms with Gasteiger partial charge in [0.25, 0.3) is 5.91 Å². The smallest absolute Gasteiger partial charge is 0.257 e. The standard InChI is InChI=1S/C20H19ClN2O3/c1-12(14-8-5-7-11-17(14)25-3)22-20(24)18-13(2)26-23-19(18)15-9-4-6-10-16(15)21/h4-12H,1-3H3,(H,22,24). The SMILES string of the molecule is COc1ccccc1C(C)NC(=O)c1c(-c2ccccc2Cl)noc1C. The van der Waals surface area contributed by atoms with E-state index in [0.29, 0.717) is 33.4 Å². The molecule has 1 heterocycles. The molecule has 0 saturated carbocycles. The van der Waals surface area contributed by atoms with E-state index < -0.39 is 0 Å². The van der Waals surface area contributed by atoms with Crippen molar-refractivity contribution in [3.63, 3.8) is 0 Å². The Labute approximate surface area is 156 Å². The number of amides is 1.